The number of rotatable bonds is 6. The van der Waals surface area contributed by atoms with Crippen LogP contribution in [-0.4, -0.2) is 57.9 Å². The summed E-state index contributed by atoms with van der Waals surface area (Å²) in [4.78, 5) is 43.5. The highest BCUT2D eigenvalue weighted by molar-refractivity contribution is 5.97. The van der Waals surface area contributed by atoms with Crippen molar-refractivity contribution < 1.29 is 37.1 Å². The molecule has 1 aliphatic rings. The maximum atomic E-state index is 13.4. The minimum Gasteiger partial charge on any atom is -0.391 e. The third-order valence-corrected chi connectivity index (χ3v) is 6.28. The fraction of sp³-hybridized carbons (Fsp3) is 0.308. The Kier molecular flexibility index (Phi) is 7.63. The first kappa shape index (κ1) is 27.0. The lowest BCUT2D eigenvalue weighted by Crippen LogP contribution is -2.49. The third kappa shape index (κ3) is 5.91. The highest BCUT2D eigenvalue weighted by atomic mass is 19.4. The topological polar surface area (TPSA) is 112 Å². The number of hydrogen-bond donors (Lipinski definition) is 3. The van der Waals surface area contributed by atoms with Gasteiger partial charge in [0, 0.05) is 18.4 Å². The van der Waals surface area contributed by atoms with E-state index in [0.717, 1.165) is 11.0 Å². The van der Waals surface area contributed by atoms with E-state index in [1.807, 2.05) is 0 Å². The number of aliphatic hydroxyl groups excluding tert-OH is 1. The summed E-state index contributed by atoms with van der Waals surface area (Å²) >= 11 is 0. The van der Waals surface area contributed by atoms with Crippen LogP contribution in [0.25, 0.3) is 10.9 Å². The minimum absolute atomic E-state index is 0.00943. The molecule has 12 heteroatoms. The van der Waals surface area contributed by atoms with Crippen molar-refractivity contribution in [2.24, 2.45) is 0 Å². The molecular formula is C26H24F4N4O4. The number of fused-ring (bicyclic) bond motifs is 1. The Balaban J connectivity index is 1.40. The Morgan fingerprint density at radius 3 is 2.61 bits per heavy atom. The van der Waals surface area contributed by atoms with Crippen LogP contribution >= 0.6 is 0 Å². The molecule has 0 unspecified atom stereocenters. The quantitative estimate of drug-likeness (QED) is 0.423. The number of nitrogens with zero attached hydrogens (tertiary/aromatic N) is 2. The van der Waals surface area contributed by atoms with Gasteiger partial charge in [-0.3, -0.25) is 14.4 Å². The number of benzene rings is 2. The zero-order chi connectivity index (χ0) is 27.6. The second-order valence-electron chi connectivity index (χ2n) is 8.98. The normalized spacial score (nSPS) is 18.3. The van der Waals surface area contributed by atoms with Crippen LogP contribution in [0.15, 0.2) is 54.6 Å². The number of likely N-dealkylation sites (tertiary alicyclic amines) is 1. The molecule has 4 rings (SSSR count). The summed E-state index contributed by atoms with van der Waals surface area (Å²) in [6.45, 7) is 0.705. The van der Waals surface area contributed by atoms with Gasteiger partial charge in [-0.15, -0.1) is 0 Å². The molecule has 3 atom stereocenters. The number of carbonyl (C=O) groups excluding carboxylic acids is 3. The lowest BCUT2D eigenvalue weighted by molar-refractivity contribution is -0.139. The van der Waals surface area contributed by atoms with Crippen LogP contribution in [0.5, 0.6) is 0 Å². The van der Waals surface area contributed by atoms with Gasteiger partial charge in [0.05, 0.1) is 29.8 Å². The van der Waals surface area contributed by atoms with Crippen molar-refractivity contribution in [3.63, 3.8) is 0 Å². The molecule has 0 saturated carbocycles. The van der Waals surface area contributed by atoms with Gasteiger partial charge >= 0.3 is 6.18 Å². The summed E-state index contributed by atoms with van der Waals surface area (Å²) in [5.41, 5.74) is -0.652. The number of alkyl halides is 3. The lowest BCUT2D eigenvalue weighted by Gasteiger charge is -2.26. The molecule has 38 heavy (non-hydrogen) atoms. The van der Waals surface area contributed by atoms with Crippen molar-refractivity contribution in [3.05, 3.63) is 77.2 Å². The van der Waals surface area contributed by atoms with Crippen LogP contribution < -0.4 is 10.6 Å². The summed E-state index contributed by atoms with van der Waals surface area (Å²) in [6, 6.07) is 9.44. The van der Waals surface area contributed by atoms with E-state index >= 15 is 0 Å². The zero-order valence-electron chi connectivity index (χ0n) is 20.1. The van der Waals surface area contributed by atoms with Crippen molar-refractivity contribution in [1.82, 2.24) is 20.5 Å². The van der Waals surface area contributed by atoms with E-state index in [9.17, 15) is 37.1 Å². The monoisotopic (exact) mass is 532 g/mol. The molecule has 3 aromatic rings. The van der Waals surface area contributed by atoms with Crippen LogP contribution in [0, 0.1) is 5.82 Å². The second-order valence-corrected chi connectivity index (χ2v) is 8.98. The van der Waals surface area contributed by atoms with Crippen molar-refractivity contribution >= 4 is 28.6 Å². The number of halogens is 4. The Morgan fingerprint density at radius 1 is 1.13 bits per heavy atom. The third-order valence-electron chi connectivity index (χ3n) is 6.28. The number of aliphatic hydroxyl groups is 1. The van der Waals surface area contributed by atoms with E-state index in [0.29, 0.717) is 10.9 Å². The van der Waals surface area contributed by atoms with Crippen LogP contribution in [0.3, 0.4) is 0 Å². The molecule has 0 radical (unpaired) electrons. The highest BCUT2D eigenvalue weighted by Gasteiger charge is 2.40. The number of nitrogens with one attached hydrogen (secondary N) is 2. The lowest BCUT2D eigenvalue weighted by atomic mass is 10.0. The van der Waals surface area contributed by atoms with E-state index in [2.05, 4.69) is 15.6 Å². The van der Waals surface area contributed by atoms with E-state index < -0.39 is 60.0 Å². The minimum atomic E-state index is -4.62. The van der Waals surface area contributed by atoms with Crippen molar-refractivity contribution in [3.8, 4) is 0 Å². The Morgan fingerprint density at radius 2 is 1.87 bits per heavy atom. The molecule has 1 aliphatic heterocycles. The molecule has 1 fully saturated rings. The number of pyridine rings is 1. The molecule has 1 saturated heterocycles. The summed E-state index contributed by atoms with van der Waals surface area (Å²) in [5, 5.41) is 15.5. The van der Waals surface area contributed by atoms with Gasteiger partial charge in [0.15, 0.2) is 0 Å². The Bertz CT molecular complexity index is 1380. The van der Waals surface area contributed by atoms with Gasteiger partial charge in [-0.05, 0) is 42.8 Å². The number of β-amino-alcohol motifs (C(OH)–C–C–N with tert-alkyl or cyclic N) is 1. The predicted octanol–water partition coefficient (Wildman–Crippen LogP) is 2.96. The average Bonchev–Trinajstić information content (AvgIpc) is 3.28. The van der Waals surface area contributed by atoms with Crippen LogP contribution in [0.1, 0.15) is 41.0 Å². The van der Waals surface area contributed by atoms with Gasteiger partial charge < -0.3 is 20.6 Å². The average molecular weight is 532 g/mol. The zero-order valence-corrected chi connectivity index (χ0v) is 20.1. The van der Waals surface area contributed by atoms with Crippen molar-refractivity contribution in [1.29, 1.82) is 0 Å². The van der Waals surface area contributed by atoms with Crippen LogP contribution in [0.2, 0.25) is 0 Å². The summed E-state index contributed by atoms with van der Waals surface area (Å²) in [6.07, 6.45) is -5.75. The molecule has 3 amide bonds. The highest BCUT2D eigenvalue weighted by Crippen LogP contribution is 2.34. The molecule has 2 aromatic carbocycles. The molecule has 0 bridgehead atoms. The standard InChI is InChI=1S/C26H24F4N4O4/c1-14(18-4-2-3-5-19(18)26(28,29)30)32-25(38)22-11-17(35)13-34(22)23(36)12-31-24(37)21-8-6-15-10-16(27)7-9-20(15)33-21/h2-10,14,17,22,35H,11-13H2,1H3,(H,31,37)(H,32,38)/t14-,17+,22-/m0/s1. The second kappa shape index (κ2) is 10.7. The smallest absolute Gasteiger partial charge is 0.391 e. The molecule has 2 heterocycles. The summed E-state index contributed by atoms with van der Waals surface area (Å²) in [7, 11) is 0. The van der Waals surface area contributed by atoms with E-state index in [4.69, 9.17) is 0 Å². The van der Waals surface area contributed by atoms with Crippen molar-refractivity contribution in [2.75, 3.05) is 13.1 Å². The SMILES string of the molecule is C[C@H](NC(=O)[C@@H]1C[C@@H](O)CN1C(=O)CNC(=O)c1ccc2cc(F)ccc2n1)c1ccccc1C(F)(F)F. The Hall–Kier alpha value is -4.06. The summed E-state index contributed by atoms with van der Waals surface area (Å²) in [5.74, 6) is -2.52. The fourth-order valence-corrected chi connectivity index (χ4v) is 4.43. The number of hydrogen-bond acceptors (Lipinski definition) is 5. The van der Waals surface area contributed by atoms with Gasteiger partial charge in [0.2, 0.25) is 11.8 Å². The molecule has 1 aromatic heterocycles. The van der Waals surface area contributed by atoms with Crippen LogP contribution in [-0.2, 0) is 15.8 Å². The molecule has 0 spiro atoms. The van der Waals surface area contributed by atoms with Gasteiger partial charge in [-0.25, -0.2) is 9.37 Å². The van der Waals surface area contributed by atoms with E-state index in [-0.39, 0.29) is 24.2 Å². The molecule has 8 nitrogen and oxygen atoms in total. The molecule has 3 N–H and O–H groups in total. The maximum Gasteiger partial charge on any atom is 0.416 e. The van der Waals surface area contributed by atoms with Crippen LogP contribution in [0.4, 0.5) is 17.6 Å². The molecule has 200 valence electrons. The largest absolute Gasteiger partial charge is 0.416 e. The van der Waals surface area contributed by atoms with Gasteiger partial charge in [-0.1, -0.05) is 24.3 Å². The van der Waals surface area contributed by atoms with Gasteiger partial charge in [0.25, 0.3) is 5.91 Å². The van der Waals surface area contributed by atoms with Gasteiger partial charge in [-0.2, -0.15) is 13.2 Å². The fourth-order valence-electron chi connectivity index (χ4n) is 4.43. The maximum absolute atomic E-state index is 13.4. The molecular weight excluding hydrogens is 508 g/mol. The first-order valence-electron chi connectivity index (χ1n) is 11.7. The van der Waals surface area contributed by atoms with Gasteiger partial charge in [0.1, 0.15) is 17.6 Å². The number of carbonyl (C=O) groups is 3. The Labute approximate surface area is 214 Å². The first-order chi connectivity index (χ1) is 17.9. The predicted molar refractivity (Wildman–Crippen MR) is 128 cm³/mol. The first-order valence-corrected chi connectivity index (χ1v) is 11.7. The van der Waals surface area contributed by atoms with Crippen molar-refractivity contribution in [2.45, 2.75) is 37.7 Å². The van der Waals surface area contributed by atoms with E-state index in [1.165, 1.54) is 55.5 Å². The summed E-state index contributed by atoms with van der Waals surface area (Å²) < 4.78 is 53.5. The van der Waals surface area contributed by atoms with E-state index in [1.54, 1.807) is 0 Å². The number of amides is 3. The number of aromatic nitrogens is 1. The molecule has 0 aliphatic carbocycles.